The van der Waals surface area contributed by atoms with Crippen molar-refractivity contribution in [2.45, 2.75) is 25.4 Å². The summed E-state index contributed by atoms with van der Waals surface area (Å²) in [6, 6.07) is 11.9. The Morgan fingerprint density at radius 2 is 2.00 bits per heavy atom. The molecule has 0 radical (unpaired) electrons. The second kappa shape index (κ2) is 8.17. The van der Waals surface area contributed by atoms with Crippen molar-refractivity contribution in [2.75, 3.05) is 11.1 Å². The molecule has 0 aliphatic carbocycles. The molecule has 6 nitrogen and oxygen atoms in total. The molecule has 0 aliphatic rings. The molecule has 25 heavy (non-hydrogen) atoms. The van der Waals surface area contributed by atoms with Crippen molar-refractivity contribution in [3.63, 3.8) is 0 Å². The van der Waals surface area contributed by atoms with E-state index in [4.69, 9.17) is 0 Å². The zero-order valence-electron chi connectivity index (χ0n) is 13.9. The van der Waals surface area contributed by atoms with Gasteiger partial charge in [-0.15, -0.1) is 10.2 Å². The van der Waals surface area contributed by atoms with E-state index in [1.54, 1.807) is 0 Å². The molecule has 8 heteroatoms. The third kappa shape index (κ3) is 4.83. The van der Waals surface area contributed by atoms with Crippen LogP contribution in [0.5, 0.6) is 0 Å². The molecule has 3 aromatic rings. The normalized spacial score (nSPS) is 10.6. The fraction of sp³-hybridized carbons (Fsp3) is 0.235. The van der Waals surface area contributed by atoms with Crippen LogP contribution in [0.3, 0.4) is 0 Å². The summed E-state index contributed by atoms with van der Waals surface area (Å²) in [6.07, 6.45) is 0.807. The summed E-state index contributed by atoms with van der Waals surface area (Å²) >= 11 is 2.70. The average Bonchev–Trinajstić information content (AvgIpc) is 3.08. The van der Waals surface area contributed by atoms with Crippen LogP contribution in [-0.2, 0) is 11.2 Å². The fourth-order valence-electron chi connectivity index (χ4n) is 2.10. The van der Waals surface area contributed by atoms with Crippen LogP contribution in [0.1, 0.15) is 17.6 Å². The Kier molecular flexibility index (Phi) is 5.72. The summed E-state index contributed by atoms with van der Waals surface area (Å²) in [5, 5.41) is 12.7. The molecule has 0 atom stereocenters. The number of nitrogens with one attached hydrogen (secondary N) is 1. The standard InChI is InChI=1S/C17H17N5OS2/c1-3-15-21-22-17(25-15)20-14(23)10-24-16-18-11(2)9-13(19-16)12-7-5-4-6-8-12/h4-9H,3,10H2,1-2H3,(H,20,22,23). The monoisotopic (exact) mass is 371 g/mol. The Labute approximate surface area is 154 Å². The fourth-order valence-corrected chi connectivity index (χ4v) is 3.49. The van der Waals surface area contributed by atoms with Crippen LogP contribution in [0.25, 0.3) is 11.3 Å². The number of aryl methyl sites for hydroxylation is 2. The van der Waals surface area contributed by atoms with Crippen LogP contribution in [0.15, 0.2) is 41.6 Å². The van der Waals surface area contributed by atoms with Crippen molar-refractivity contribution in [3.8, 4) is 11.3 Å². The van der Waals surface area contributed by atoms with Gasteiger partial charge in [-0.2, -0.15) is 0 Å². The van der Waals surface area contributed by atoms with Gasteiger partial charge in [-0.05, 0) is 19.4 Å². The minimum atomic E-state index is -0.143. The predicted octanol–water partition coefficient (Wildman–Crippen LogP) is 3.60. The van der Waals surface area contributed by atoms with E-state index in [0.29, 0.717) is 10.3 Å². The molecular formula is C17H17N5OS2. The Morgan fingerprint density at radius 3 is 2.72 bits per heavy atom. The van der Waals surface area contributed by atoms with Crippen LogP contribution < -0.4 is 5.32 Å². The predicted molar refractivity (Wildman–Crippen MR) is 101 cm³/mol. The van der Waals surface area contributed by atoms with Gasteiger partial charge in [0.05, 0.1) is 11.4 Å². The summed E-state index contributed by atoms with van der Waals surface area (Å²) in [5.41, 5.74) is 2.75. The van der Waals surface area contributed by atoms with Crippen LogP contribution in [0.2, 0.25) is 0 Å². The highest BCUT2D eigenvalue weighted by Crippen LogP contribution is 2.22. The molecular weight excluding hydrogens is 354 g/mol. The van der Waals surface area contributed by atoms with Crippen molar-refractivity contribution < 1.29 is 4.79 Å². The molecule has 1 N–H and O–H groups in total. The van der Waals surface area contributed by atoms with E-state index in [1.807, 2.05) is 50.2 Å². The first kappa shape index (κ1) is 17.5. The van der Waals surface area contributed by atoms with Gasteiger partial charge >= 0.3 is 0 Å². The van der Waals surface area contributed by atoms with Crippen molar-refractivity contribution in [1.29, 1.82) is 0 Å². The molecule has 2 aromatic heterocycles. The number of amides is 1. The lowest BCUT2D eigenvalue weighted by molar-refractivity contribution is -0.113. The lowest BCUT2D eigenvalue weighted by Crippen LogP contribution is -2.14. The van der Waals surface area contributed by atoms with Crippen LogP contribution in [0, 0.1) is 6.92 Å². The van der Waals surface area contributed by atoms with Crippen molar-refractivity contribution >= 4 is 34.1 Å². The van der Waals surface area contributed by atoms with Gasteiger partial charge in [-0.25, -0.2) is 9.97 Å². The maximum Gasteiger partial charge on any atom is 0.236 e. The Morgan fingerprint density at radius 1 is 1.20 bits per heavy atom. The summed E-state index contributed by atoms with van der Waals surface area (Å²) in [6.45, 7) is 3.92. The van der Waals surface area contributed by atoms with Gasteiger partial charge in [0.1, 0.15) is 5.01 Å². The highest BCUT2D eigenvalue weighted by atomic mass is 32.2. The van der Waals surface area contributed by atoms with Gasteiger partial charge in [0.15, 0.2) is 5.16 Å². The molecule has 0 unspecified atom stereocenters. The number of benzene rings is 1. The first-order valence-electron chi connectivity index (χ1n) is 7.80. The van der Waals surface area contributed by atoms with E-state index in [9.17, 15) is 4.79 Å². The lowest BCUT2D eigenvalue weighted by Gasteiger charge is -2.06. The van der Waals surface area contributed by atoms with Gasteiger partial charge in [-0.1, -0.05) is 60.4 Å². The van der Waals surface area contributed by atoms with Gasteiger partial charge in [-0.3, -0.25) is 10.1 Å². The van der Waals surface area contributed by atoms with Gasteiger partial charge in [0.25, 0.3) is 0 Å². The average molecular weight is 371 g/mol. The van der Waals surface area contributed by atoms with Gasteiger partial charge < -0.3 is 0 Å². The highest BCUT2D eigenvalue weighted by molar-refractivity contribution is 7.99. The minimum absolute atomic E-state index is 0.143. The third-order valence-corrected chi connectivity index (χ3v) is 5.08. The number of rotatable bonds is 6. The second-order valence-electron chi connectivity index (χ2n) is 5.23. The number of aromatic nitrogens is 4. The van der Waals surface area contributed by atoms with Crippen LogP contribution in [0.4, 0.5) is 5.13 Å². The molecule has 1 amide bonds. The molecule has 0 spiro atoms. The first-order chi connectivity index (χ1) is 12.1. The smallest absolute Gasteiger partial charge is 0.236 e. The summed E-state index contributed by atoms with van der Waals surface area (Å²) < 4.78 is 0. The number of thioether (sulfide) groups is 1. The summed E-state index contributed by atoms with van der Waals surface area (Å²) in [7, 11) is 0. The van der Waals surface area contributed by atoms with Crippen LogP contribution in [-0.4, -0.2) is 31.8 Å². The van der Waals surface area contributed by atoms with Crippen LogP contribution >= 0.6 is 23.1 Å². The highest BCUT2D eigenvalue weighted by Gasteiger charge is 2.10. The first-order valence-corrected chi connectivity index (χ1v) is 9.60. The van der Waals surface area contributed by atoms with Crippen molar-refractivity contribution in [3.05, 3.63) is 47.1 Å². The maximum absolute atomic E-state index is 12.1. The number of hydrogen-bond donors (Lipinski definition) is 1. The van der Waals surface area contributed by atoms with Crippen molar-refractivity contribution in [2.24, 2.45) is 0 Å². The minimum Gasteiger partial charge on any atom is -0.300 e. The van der Waals surface area contributed by atoms with Crippen molar-refractivity contribution in [1.82, 2.24) is 20.2 Å². The van der Waals surface area contributed by atoms with E-state index in [-0.39, 0.29) is 11.7 Å². The van der Waals surface area contributed by atoms with E-state index >= 15 is 0 Å². The lowest BCUT2D eigenvalue weighted by atomic mass is 10.1. The second-order valence-corrected chi connectivity index (χ2v) is 7.24. The van der Waals surface area contributed by atoms with E-state index in [2.05, 4.69) is 25.5 Å². The molecule has 0 aliphatic heterocycles. The quantitative estimate of drug-likeness (QED) is 0.527. The molecule has 0 fully saturated rings. The Balaban J connectivity index is 1.64. The summed E-state index contributed by atoms with van der Waals surface area (Å²) in [5.74, 6) is 0.0776. The SMILES string of the molecule is CCc1nnc(NC(=O)CSc2nc(C)cc(-c3ccccc3)n2)s1. The van der Waals surface area contributed by atoms with E-state index < -0.39 is 0 Å². The molecule has 0 bridgehead atoms. The molecule has 2 heterocycles. The number of hydrogen-bond acceptors (Lipinski definition) is 7. The number of anilines is 1. The zero-order chi connectivity index (χ0) is 17.6. The van der Waals surface area contributed by atoms with Gasteiger partial charge in [0.2, 0.25) is 11.0 Å². The largest absolute Gasteiger partial charge is 0.300 e. The molecule has 0 saturated carbocycles. The number of carbonyl (C=O) groups is 1. The topological polar surface area (TPSA) is 80.7 Å². The zero-order valence-corrected chi connectivity index (χ0v) is 15.5. The summed E-state index contributed by atoms with van der Waals surface area (Å²) in [4.78, 5) is 21.0. The Bertz CT molecular complexity index is 866. The van der Waals surface area contributed by atoms with E-state index in [0.717, 1.165) is 28.4 Å². The molecule has 3 rings (SSSR count). The number of carbonyl (C=O) groups excluding carboxylic acids is 1. The number of nitrogens with zero attached hydrogens (tertiary/aromatic N) is 4. The maximum atomic E-state index is 12.1. The Hall–Kier alpha value is -2.32. The third-order valence-electron chi connectivity index (χ3n) is 3.25. The molecule has 1 aromatic carbocycles. The van der Waals surface area contributed by atoms with Gasteiger partial charge in [0, 0.05) is 11.3 Å². The molecule has 0 saturated heterocycles. The molecule has 128 valence electrons. The van der Waals surface area contributed by atoms with E-state index in [1.165, 1.54) is 23.1 Å².